The minimum atomic E-state index is -0.666. The number of nitriles is 1. The largest absolute Gasteiger partial charge is 0.275 e. The van der Waals surface area contributed by atoms with Crippen molar-refractivity contribution < 1.29 is 9.31 Å². The molecule has 0 saturated carbocycles. The Morgan fingerprint density at radius 2 is 2.29 bits per heavy atom. The molecule has 0 aliphatic rings. The average molecular weight is 194 g/mol. The zero-order valence-electron chi connectivity index (χ0n) is 7.45. The number of nitro groups is 1. The van der Waals surface area contributed by atoms with Crippen LogP contribution >= 0.6 is 0 Å². The van der Waals surface area contributed by atoms with Gasteiger partial charge < -0.3 is 0 Å². The van der Waals surface area contributed by atoms with Gasteiger partial charge in [-0.15, -0.1) is 0 Å². The Balaban J connectivity index is 3.27. The van der Waals surface area contributed by atoms with E-state index in [9.17, 15) is 14.5 Å². The van der Waals surface area contributed by atoms with E-state index >= 15 is 0 Å². The van der Waals surface area contributed by atoms with Gasteiger partial charge >= 0.3 is 0 Å². The topological polar surface area (TPSA) is 66.9 Å². The van der Waals surface area contributed by atoms with Crippen LogP contribution in [0.15, 0.2) is 12.1 Å². The van der Waals surface area contributed by atoms with E-state index < -0.39 is 10.7 Å². The molecular weight excluding hydrogens is 187 g/mol. The summed E-state index contributed by atoms with van der Waals surface area (Å²) in [6, 6.07) is 4.27. The van der Waals surface area contributed by atoms with Crippen LogP contribution < -0.4 is 0 Å². The maximum atomic E-state index is 13.4. The number of rotatable bonds is 2. The Hall–Kier alpha value is -1.96. The lowest BCUT2D eigenvalue weighted by Crippen LogP contribution is -1.98. The van der Waals surface area contributed by atoms with Gasteiger partial charge in [0.15, 0.2) is 0 Å². The van der Waals surface area contributed by atoms with Crippen LogP contribution in [0.25, 0.3) is 0 Å². The monoisotopic (exact) mass is 194 g/mol. The molecule has 0 aliphatic carbocycles. The smallest absolute Gasteiger partial charge is 0.258 e. The predicted octanol–water partition coefficient (Wildman–Crippen LogP) is 2.11. The zero-order chi connectivity index (χ0) is 10.7. The summed E-state index contributed by atoms with van der Waals surface area (Å²) >= 11 is 0. The average Bonchev–Trinajstić information content (AvgIpc) is 2.13. The standard InChI is InChI=1S/C9H7FN2O2/c1-6-8(12(13)14)3-2-7(4-5-11)9(6)10/h2-3H,4H2,1H3. The van der Waals surface area contributed by atoms with E-state index in [1.54, 1.807) is 6.07 Å². The van der Waals surface area contributed by atoms with Gasteiger partial charge in [0.25, 0.3) is 5.69 Å². The molecule has 4 nitrogen and oxygen atoms in total. The molecule has 1 aromatic rings. The molecule has 0 aromatic heterocycles. The van der Waals surface area contributed by atoms with E-state index in [0.29, 0.717) is 0 Å². The molecule has 0 heterocycles. The van der Waals surface area contributed by atoms with Crippen LogP contribution in [0.2, 0.25) is 0 Å². The second-order valence-electron chi connectivity index (χ2n) is 2.77. The van der Waals surface area contributed by atoms with E-state index in [0.717, 1.165) is 0 Å². The van der Waals surface area contributed by atoms with E-state index in [-0.39, 0.29) is 23.2 Å². The molecule has 0 saturated heterocycles. The zero-order valence-corrected chi connectivity index (χ0v) is 7.45. The van der Waals surface area contributed by atoms with Crippen LogP contribution in [-0.4, -0.2) is 4.92 Å². The van der Waals surface area contributed by atoms with Gasteiger partial charge in [-0.1, -0.05) is 0 Å². The molecule has 0 N–H and O–H groups in total. The number of hydrogen-bond acceptors (Lipinski definition) is 3. The van der Waals surface area contributed by atoms with Gasteiger partial charge in [0, 0.05) is 11.6 Å². The highest BCUT2D eigenvalue weighted by atomic mass is 19.1. The summed E-state index contributed by atoms with van der Waals surface area (Å²) in [6.45, 7) is 1.33. The molecule has 0 unspecified atom stereocenters. The van der Waals surface area contributed by atoms with Gasteiger partial charge in [0.1, 0.15) is 5.82 Å². The highest BCUT2D eigenvalue weighted by Crippen LogP contribution is 2.23. The summed E-state index contributed by atoms with van der Waals surface area (Å²) in [4.78, 5) is 9.77. The van der Waals surface area contributed by atoms with E-state index in [1.807, 2.05) is 0 Å². The van der Waals surface area contributed by atoms with Gasteiger partial charge in [0.05, 0.1) is 23.0 Å². The van der Waals surface area contributed by atoms with Crippen molar-refractivity contribution in [1.82, 2.24) is 0 Å². The molecule has 72 valence electrons. The summed E-state index contributed by atoms with van der Waals surface area (Å²) in [5, 5.41) is 18.8. The lowest BCUT2D eigenvalue weighted by molar-refractivity contribution is -0.385. The Morgan fingerprint density at radius 3 is 2.79 bits per heavy atom. The third-order valence-electron chi connectivity index (χ3n) is 1.90. The van der Waals surface area contributed by atoms with Crippen molar-refractivity contribution in [2.45, 2.75) is 13.3 Å². The molecule has 0 fully saturated rings. The lowest BCUT2D eigenvalue weighted by Gasteiger charge is -2.02. The fraction of sp³-hybridized carbons (Fsp3) is 0.222. The summed E-state index contributed by atoms with van der Waals surface area (Å²) in [5.74, 6) is -0.666. The Morgan fingerprint density at radius 1 is 1.64 bits per heavy atom. The van der Waals surface area contributed by atoms with Crippen molar-refractivity contribution >= 4 is 5.69 Å². The van der Waals surface area contributed by atoms with Crippen LogP contribution in [0.3, 0.4) is 0 Å². The Labute approximate surface area is 79.7 Å². The minimum Gasteiger partial charge on any atom is -0.258 e. The predicted molar refractivity (Wildman–Crippen MR) is 47.1 cm³/mol. The summed E-state index contributed by atoms with van der Waals surface area (Å²) in [5.41, 5.74) is -0.0949. The number of hydrogen-bond donors (Lipinski definition) is 0. The van der Waals surface area contributed by atoms with Crippen LogP contribution in [0.5, 0.6) is 0 Å². The van der Waals surface area contributed by atoms with Crippen molar-refractivity contribution in [2.75, 3.05) is 0 Å². The maximum Gasteiger partial charge on any atom is 0.275 e. The fourth-order valence-corrected chi connectivity index (χ4v) is 1.15. The van der Waals surface area contributed by atoms with Crippen molar-refractivity contribution in [2.24, 2.45) is 0 Å². The van der Waals surface area contributed by atoms with Crippen LogP contribution in [0, 0.1) is 34.2 Å². The first-order valence-corrected chi connectivity index (χ1v) is 3.87. The van der Waals surface area contributed by atoms with Crippen LogP contribution in [0.4, 0.5) is 10.1 Å². The highest BCUT2D eigenvalue weighted by molar-refractivity contribution is 5.43. The first-order valence-electron chi connectivity index (χ1n) is 3.87. The molecule has 14 heavy (non-hydrogen) atoms. The summed E-state index contributed by atoms with van der Waals surface area (Å²) < 4.78 is 13.4. The first kappa shape index (κ1) is 10.1. The number of nitro benzene ring substituents is 1. The van der Waals surface area contributed by atoms with Crippen molar-refractivity contribution in [1.29, 1.82) is 5.26 Å². The molecule has 1 aromatic carbocycles. The summed E-state index contributed by atoms with van der Waals surface area (Å²) in [6.07, 6.45) is -0.0787. The van der Waals surface area contributed by atoms with Gasteiger partial charge in [-0.05, 0) is 13.0 Å². The van der Waals surface area contributed by atoms with E-state index in [1.165, 1.54) is 19.1 Å². The van der Waals surface area contributed by atoms with Crippen molar-refractivity contribution in [3.63, 3.8) is 0 Å². The van der Waals surface area contributed by atoms with E-state index in [2.05, 4.69) is 0 Å². The third-order valence-corrected chi connectivity index (χ3v) is 1.90. The van der Waals surface area contributed by atoms with Crippen LogP contribution in [-0.2, 0) is 6.42 Å². The third kappa shape index (κ3) is 1.69. The minimum absolute atomic E-state index is 0.0252. The number of benzene rings is 1. The molecule has 5 heteroatoms. The highest BCUT2D eigenvalue weighted by Gasteiger charge is 2.16. The van der Waals surface area contributed by atoms with Gasteiger partial charge in [-0.25, -0.2) is 4.39 Å². The fourth-order valence-electron chi connectivity index (χ4n) is 1.15. The molecule has 0 aliphatic heterocycles. The second kappa shape index (κ2) is 3.83. The van der Waals surface area contributed by atoms with Crippen LogP contribution in [0.1, 0.15) is 11.1 Å². The lowest BCUT2D eigenvalue weighted by atomic mass is 10.1. The SMILES string of the molecule is Cc1c([N+](=O)[O-])ccc(CC#N)c1F. The Kier molecular flexibility index (Phi) is 2.77. The molecule has 0 spiro atoms. The Bertz CT molecular complexity index is 424. The number of nitrogens with zero attached hydrogens (tertiary/aromatic N) is 2. The molecule has 0 amide bonds. The van der Waals surface area contributed by atoms with Crippen molar-refractivity contribution in [3.05, 3.63) is 39.2 Å². The molecule has 0 atom stereocenters. The summed E-state index contributed by atoms with van der Waals surface area (Å²) in [7, 11) is 0. The number of halogens is 1. The first-order chi connectivity index (χ1) is 6.57. The van der Waals surface area contributed by atoms with E-state index in [4.69, 9.17) is 5.26 Å². The molecule has 1 rings (SSSR count). The maximum absolute atomic E-state index is 13.4. The quantitative estimate of drug-likeness (QED) is 0.534. The molecule has 0 radical (unpaired) electrons. The normalized spacial score (nSPS) is 9.50. The van der Waals surface area contributed by atoms with Crippen molar-refractivity contribution in [3.8, 4) is 6.07 Å². The van der Waals surface area contributed by atoms with Gasteiger partial charge in [-0.3, -0.25) is 10.1 Å². The van der Waals surface area contributed by atoms with Gasteiger partial charge in [0.2, 0.25) is 0 Å². The second-order valence-corrected chi connectivity index (χ2v) is 2.77. The molecule has 0 bridgehead atoms. The molecular formula is C9H7FN2O2. The van der Waals surface area contributed by atoms with Gasteiger partial charge in [-0.2, -0.15) is 5.26 Å².